The second-order valence-electron chi connectivity index (χ2n) is 10.2. The van der Waals surface area contributed by atoms with Gasteiger partial charge < -0.3 is 26.0 Å². The van der Waals surface area contributed by atoms with Crippen LogP contribution in [0, 0.1) is 5.41 Å². The third-order valence-electron chi connectivity index (χ3n) is 7.49. The van der Waals surface area contributed by atoms with Gasteiger partial charge in [0.2, 0.25) is 17.7 Å². The van der Waals surface area contributed by atoms with E-state index in [-0.39, 0.29) is 46.8 Å². The van der Waals surface area contributed by atoms with Crippen molar-refractivity contribution in [3.8, 4) is 5.75 Å². The number of nitrogens with two attached hydrogens (primary N) is 1. The van der Waals surface area contributed by atoms with Gasteiger partial charge in [-0.2, -0.15) is 0 Å². The number of halogens is 1. The first-order valence-electron chi connectivity index (χ1n) is 12.1. The maximum Gasteiger partial charge on any atom is 0.246 e. The Bertz CT molecular complexity index is 957. The molecule has 0 radical (unpaired) electrons. The molecule has 3 amide bonds. The minimum Gasteiger partial charge on any atom is -0.493 e. The Labute approximate surface area is 217 Å². The van der Waals surface area contributed by atoms with Crippen LogP contribution in [-0.2, 0) is 14.4 Å². The largest absolute Gasteiger partial charge is 0.493 e. The predicted molar refractivity (Wildman–Crippen MR) is 140 cm³/mol. The molecule has 3 aliphatic heterocycles. The summed E-state index contributed by atoms with van der Waals surface area (Å²) in [5, 5.41) is 5.93. The molecule has 2 saturated heterocycles. The highest BCUT2D eigenvalue weighted by atomic mass is 35.5. The van der Waals surface area contributed by atoms with Crippen LogP contribution in [0.3, 0.4) is 0 Å². The van der Waals surface area contributed by atoms with Crippen molar-refractivity contribution in [2.75, 3.05) is 13.7 Å². The lowest BCUT2D eigenvalue weighted by Crippen LogP contribution is -2.57. The van der Waals surface area contributed by atoms with Gasteiger partial charge in [0.1, 0.15) is 17.8 Å². The molecule has 0 saturated carbocycles. The Morgan fingerprint density at radius 1 is 1.31 bits per heavy atom. The quantitative estimate of drug-likeness (QED) is 0.526. The number of ether oxygens (including phenoxy) is 1. The number of para-hydroxylation sites is 1. The van der Waals surface area contributed by atoms with Crippen molar-refractivity contribution >= 4 is 41.9 Å². The van der Waals surface area contributed by atoms with Gasteiger partial charge in [-0.1, -0.05) is 39.0 Å². The highest BCUT2D eigenvalue weighted by Crippen LogP contribution is 2.51. The van der Waals surface area contributed by atoms with E-state index in [0.29, 0.717) is 25.9 Å². The Morgan fingerprint density at radius 2 is 2.03 bits per heavy atom. The van der Waals surface area contributed by atoms with E-state index in [0.717, 1.165) is 17.7 Å². The topological polar surface area (TPSA) is 114 Å². The first-order valence-corrected chi connectivity index (χ1v) is 13.1. The minimum absolute atomic E-state index is 0. The molecular weight excluding hydrogens is 488 g/mol. The minimum atomic E-state index is -0.719. The maximum atomic E-state index is 13.9. The van der Waals surface area contributed by atoms with Crippen LogP contribution in [0.5, 0.6) is 5.75 Å². The van der Waals surface area contributed by atoms with Crippen LogP contribution in [0.4, 0.5) is 0 Å². The summed E-state index contributed by atoms with van der Waals surface area (Å²) < 4.78 is 5.89. The molecule has 10 heteroatoms. The number of carbonyl (C=O) groups is 3. The fraction of sp³-hybridized carbons (Fsp3) is 0.640. The molecule has 3 heterocycles. The van der Waals surface area contributed by atoms with Gasteiger partial charge in [-0.3, -0.25) is 14.4 Å². The Kier molecular flexibility index (Phi) is 8.65. The molecule has 2 fully saturated rings. The lowest BCUT2D eigenvalue weighted by atomic mass is 9.84. The number of amides is 3. The molecule has 35 heavy (non-hydrogen) atoms. The second-order valence-corrected chi connectivity index (χ2v) is 11.6. The monoisotopic (exact) mass is 524 g/mol. The zero-order chi connectivity index (χ0) is 24.6. The van der Waals surface area contributed by atoms with Crippen LogP contribution in [-0.4, -0.2) is 65.0 Å². The average molecular weight is 525 g/mol. The molecule has 4 N–H and O–H groups in total. The van der Waals surface area contributed by atoms with Crippen molar-refractivity contribution < 1.29 is 19.1 Å². The summed E-state index contributed by atoms with van der Waals surface area (Å²) in [6, 6.07) is 6.25. The van der Waals surface area contributed by atoms with E-state index in [4.69, 9.17) is 10.5 Å². The summed E-state index contributed by atoms with van der Waals surface area (Å²) in [6.07, 6.45) is 2.62. The van der Waals surface area contributed by atoms with E-state index in [1.54, 1.807) is 23.7 Å². The van der Waals surface area contributed by atoms with Crippen LogP contribution in [0.15, 0.2) is 24.3 Å². The van der Waals surface area contributed by atoms with Gasteiger partial charge in [0.15, 0.2) is 0 Å². The SMILES string of the molecule is CC[C@H](NC)C(=O)NC1CC([C@@H]2CCOc3ccccc32)SC2CC(C)(C)C(C(N)=O)N2C1=O.Cl. The van der Waals surface area contributed by atoms with Crippen molar-refractivity contribution in [3.63, 3.8) is 0 Å². The molecule has 4 rings (SSSR count). The lowest BCUT2D eigenvalue weighted by molar-refractivity contribution is -0.142. The number of nitrogens with zero attached hydrogens (tertiary/aromatic N) is 1. The normalized spacial score (nSPS) is 30.1. The van der Waals surface area contributed by atoms with E-state index in [1.165, 1.54) is 0 Å². The summed E-state index contributed by atoms with van der Waals surface area (Å²) in [5.74, 6) is 0.156. The van der Waals surface area contributed by atoms with E-state index >= 15 is 0 Å². The van der Waals surface area contributed by atoms with Gasteiger partial charge in [-0.05, 0) is 49.8 Å². The fourth-order valence-corrected chi connectivity index (χ4v) is 7.87. The summed E-state index contributed by atoms with van der Waals surface area (Å²) in [4.78, 5) is 41.0. The van der Waals surface area contributed by atoms with Crippen molar-refractivity contribution in [2.24, 2.45) is 11.1 Å². The van der Waals surface area contributed by atoms with Crippen molar-refractivity contribution in [1.82, 2.24) is 15.5 Å². The number of rotatable bonds is 6. The third kappa shape index (κ3) is 5.27. The molecule has 6 atom stereocenters. The van der Waals surface area contributed by atoms with Crippen LogP contribution in [0.2, 0.25) is 0 Å². The van der Waals surface area contributed by atoms with E-state index in [1.807, 2.05) is 39.0 Å². The summed E-state index contributed by atoms with van der Waals surface area (Å²) in [7, 11) is 1.74. The van der Waals surface area contributed by atoms with Crippen molar-refractivity contribution in [3.05, 3.63) is 29.8 Å². The van der Waals surface area contributed by atoms with E-state index in [2.05, 4.69) is 16.7 Å². The molecule has 0 spiro atoms. The predicted octanol–water partition coefficient (Wildman–Crippen LogP) is 2.40. The average Bonchev–Trinajstić information content (AvgIpc) is 3.01. The van der Waals surface area contributed by atoms with Gasteiger partial charge in [-0.25, -0.2) is 0 Å². The number of fused-ring (bicyclic) bond motifs is 2. The summed E-state index contributed by atoms with van der Waals surface area (Å²) in [5.41, 5.74) is 6.51. The van der Waals surface area contributed by atoms with Gasteiger partial charge in [0, 0.05) is 11.2 Å². The smallest absolute Gasteiger partial charge is 0.246 e. The number of carbonyl (C=O) groups excluding carboxylic acids is 3. The number of hydrogen-bond acceptors (Lipinski definition) is 6. The third-order valence-corrected chi connectivity index (χ3v) is 9.07. The number of likely N-dealkylation sites (N-methyl/N-ethyl adjacent to an activating group) is 1. The molecule has 0 aliphatic carbocycles. The summed E-state index contributed by atoms with van der Waals surface area (Å²) >= 11 is 1.75. The molecule has 1 aromatic carbocycles. The first-order chi connectivity index (χ1) is 16.2. The fourth-order valence-electron chi connectivity index (χ4n) is 5.81. The Balaban J connectivity index is 0.00000342. The molecule has 3 aliphatic rings. The maximum absolute atomic E-state index is 13.9. The lowest BCUT2D eigenvalue weighted by Gasteiger charge is -2.33. The van der Waals surface area contributed by atoms with Crippen LogP contribution >= 0.6 is 24.2 Å². The number of hydrogen-bond donors (Lipinski definition) is 3. The van der Waals surface area contributed by atoms with E-state index in [9.17, 15) is 14.4 Å². The standard InChI is InChI=1S/C25H36N4O4S.ClH/c1-5-16(27-4)23(31)28-17-12-19(15-10-11-33-18-9-7-6-8-14(15)18)34-20-13-25(2,3)21(22(26)30)29(20)24(17)32;/h6-9,15-17,19-21,27H,5,10-13H2,1-4H3,(H2,26,30)(H,28,31);1H/t15-,16+,17?,19?,20?,21?;/m1./s1. The number of nitrogens with one attached hydrogen (secondary N) is 2. The highest BCUT2D eigenvalue weighted by Gasteiger charge is 2.55. The summed E-state index contributed by atoms with van der Waals surface area (Å²) in [6.45, 7) is 6.53. The zero-order valence-electron chi connectivity index (χ0n) is 20.8. The van der Waals surface area contributed by atoms with Crippen molar-refractivity contribution in [1.29, 1.82) is 0 Å². The van der Waals surface area contributed by atoms with Crippen LogP contribution in [0.1, 0.15) is 57.9 Å². The molecule has 0 aromatic heterocycles. The van der Waals surface area contributed by atoms with Gasteiger partial charge in [0.05, 0.1) is 18.0 Å². The van der Waals surface area contributed by atoms with Crippen molar-refractivity contribution in [2.45, 2.75) is 81.1 Å². The number of benzene rings is 1. The van der Waals surface area contributed by atoms with Crippen LogP contribution in [0.25, 0.3) is 0 Å². The Morgan fingerprint density at radius 3 is 2.69 bits per heavy atom. The van der Waals surface area contributed by atoms with Gasteiger partial charge in [0.25, 0.3) is 0 Å². The molecule has 8 nitrogen and oxygen atoms in total. The molecule has 1 aromatic rings. The molecule has 0 bridgehead atoms. The second kappa shape index (κ2) is 11.0. The highest BCUT2D eigenvalue weighted by molar-refractivity contribution is 8.00. The molecule has 194 valence electrons. The zero-order valence-corrected chi connectivity index (χ0v) is 22.4. The first kappa shape index (κ1) is 27.6. The number of thioether (sulfide) groups is 1. The van der Waals surface area contributed by atoms with Gasteiger partial charge >= 0.3 is 0 Å². The van der Waals surface area contributed by atoms with E-state index < -0.39 is 23.4 Å². The Hall–Kier alpha value is -1.97. The van der Waals surface area contributed by atoms with Gasteiger partial charge in [-0.15, -0.1) is 24.2 Å². The van der Waals surface area contributed by atoms with Crippen LogP contribution < -0.4 is 21.1 Å². The molecular formula is C25H37ClN4O4S. The number of primary amides is 1. The molecule has 4 unspecified atom stereocenters.